The summed E-state index contributed by atoms with van der Waals surface area (Å²) in [6.45, 7) is 5.36. The molecule has 3 rings (SSSR count). The second-order valence-corrected chi connectivity index (χ2v) is 9.08. The molecule has 32 heavy (non-hydrogen) atoms. The van der Waals surface area contributed by atoms with Gasteiger partial charge in [-0.15, -0.1) is 0 Å². The molecule has 0 heterocycles. The van der Waals surface area contributed by atoms with E-state index in [0.29, 0.717) is 22.5 Å². The van der Waals surface area contributed by atoms with E-state index in [2.05, 4.69) is 10.0 Å². The molecule has 8 heteroatoms. The molecular formula is C24H24N2O5S. The number of methoxy groups -OCH3 is 1. The number of benzene rings is 3. The molecular weight excluding hydrogens is 428 g/mol. The van der Waals surface area contributed by atoms with Gasteiger partial charge in [0.1, 0.15) is 0 Å². The number of carbonyl (C=O) groups is 2. The van der Waals surface area contributed by atoms with Crippen LogP contribution in [0.1, 0.15) is 37.4 Å². The first kappa shape index (κ1) is 23.0. The van der Waals surface area contributed by atoms with Crippen LogP contribution in [0.3, 0.4) is 0 Å². The minimum Gasteiger partial charge on any atom is -0.465 e. The van der Waals surface area contributed by atoms with E-state index in [1.54, 1.807) is 62.4 Å². The van der Waals surface area contributed by atoms with Crippen LogP contribution in [-0.4, -0.2) is 27.4 Å². The molecule has 0 aliphatic carbocycles. The molecule has 0 fully saturated rings. The Bertz CT molecular complexity index is 1280. The minimum atomic E-state index is -3.91. The lowest BCUT2D eigenvalue weighted by Gasteiger charge is -2.13. The Labute approximate surface area is 187 Å². The maximum atomic E-state index is 13.0. The Kier molecular flexibility index (Phi) is 6.64. The Balaban J connectivity index is 1.89. The highest BCUT2D eigenvalue weighted by Gasteiger charge is 2.20. The van der Waals surface area contributed by atoms with Crippen LogP contribution in [0, 0.1) is 20.8 Å². The number of hydrogen-bond donors (Lipinski definition) is 2. The van der Waals surface area contributed by atoms with Gasteiger partial charge in [-0.3, -0.25) is 9.52 Å². The van der Waals surface area contributed by atoms with Crippen molar-refractivity contribution in [2.24, 2.45) is 0 Å². The maximum absolute atomic E-state index is 13.0. The van der Waals surface area contributed by atoms with E-state index in [9.17, 15) is 18.0 Å². The minimum absolute atomic E-state index is 0.00533. The molecule has 2 N–H and O–H groups in total. The fourth-order valence-electron chi connectivity index (χ4n) is 3.06. The van der Waals surface area contributed by atoms with Crippen LogP contribution in [-0.2, 0) is 14.8 Å². The molecule has 0 spiro atoms. The number of anilines is 2. The molecule has 0 radical (unpaired) electrons. The van der Waals surface area contributed by atoms with Crippen molar-refractivity contribution in [3.8, 4) is 0 Å². The van der Waals surface area contributed by atoms with Crippen LogP contribution in [0.5, 0.6) is 0 Å². The fourth-order valence-corrected chi connectivity index (χ4v) is 4.39. The summed E-state index contributed by atoms with van der Waals surface area (Å²) >= 11 is 0. The predicted molar refractivity (Wildman–Crippen MR) is 124 cm³/mol. The molecule has 0 atom stereocenters. The van der Waals surface area contributed by atoms with Crippen LogP contribution < -0.4 is 10.0 Å². The first-order valence-corrected chi connectivity index (χ1v) is 11.3. The topological polar surface area (TPSA) is 102 Å². The van der Waals surface area contributed by atoms with Crippen molar-refractivity contribution < 1.29 is 22.7 Å². The van der Waals surface area contributed by atoms with Crippen molar-refractivity contribution in [3.63, 3.8) is 0 Å². The molecule has 0 saturated heterocycles. The summed E-state index contributed by atoms with van der Waals surface area (Å²) in [5, 5.41) is 2.74. The average Bonchev–Trinajstić information content (AvgIpc) is 2.76. The predicted octanol–water partition coefficient (Wildman–Crippen LogP) is 4.45. The van der Waals surface area contributed by atoms with E-state index in [1.165, 1.54) is 19.2 Å². The van der Waals surface area contributed by atoms with Crippen molar-refractivity contribution in [2.75, 3.05) is 17.1 Å². The van der Waals surface area contributed by atoms with Crippen LogP contribution in [0.25, 0.3) is 0 Å². The summed E-state index contributed by atoms with van der Waals surface area (Å²) in [5.41, 5.74) is 3.58. The van der Waals surface area contributed by atoms with Gasteiger partial charge < -0.3 is 10.1 Å². The number of nitrogens with one attached hydrogen (secondary N) is 2. The van der Waals surface area contributed by atoms with Gasteiger partial charge in [0.2, 0.25) is 0 Å². The monoisotopic (exact) mass is 452 g/mol. The van der Waals surface area contributed by atoms with E-state index in [-0.39, 0.29) is 10.5 Å². The van der Waals surface area contributed by atoms with Gasteiger partial charge in [-0.25, -0.2) is 13.2 Å². The fraction of sp³-hybridized carbons (Fsp3) is 0.167. The number of rotatable bonds is 6. The Morgan fingerprint density at radius 1 is 0.812 bits per heavy atom. The zero-order chi connectivity index (χ0) is 23.5. The highest BCUT2D eigenvalue weighted by atomic mass is 32.2. The number of amides is 1. The highest BCUT2D eigenvalue weighted by molar-refractivity contribution is 7.92. The first-order valence-electron chi connectivity index (χ1n) is 9.81. The van der Waals surface area contributed by atoms with Gasteiger partial charge in [-0.05, 0) is 68.3 Å². The average molecular weight is 453 g/mol. The quantitative estimate of drug-likeness (QED) is 0.538. The zero-order valence-electron chi connectivity index (χ0n) is 18.2. The van der Waals surface area contributed by atoms with Gasteiger partial charge >= 0.3 is 5.97 Å². The van der Waals surface area contributed by atoms with Crippen LogP contribution in [0.4, 0.5) is 11.4 Å². The van der Waals surface area contributed by atoms with Crippen molar-refractivity contribution in [3.05, 3.63) is 88.5 Å². The molecule has 1 amide bonds. The molecule has 3 aromatic carbocycles. The summed E-state index contributed by atoms with van der Waals surface area (Å²) in [6, 6.07) is 16.2. The number of hydrogen-bond acceptors (Lipinski definition) is 5. The number of sulfonamides is 1. The van der Waals surface area contributed by atoms with Crippen LogP contribution >= 0.6 is 0 Å². The smallest absolute Gasteiger partial charge is 0.337 e. The zero-order valence-corrected chi connectivity index (χ0v) is 19.0. The molecule has 7 nitrogen and oxygen atoms in total. The summed E-state index contributed by atoms with van der Waals surface area (Å²) in [4.78, 5) is 24.7. The molecule has 3 aromatic rings. The van der Waals surface area contributed by atoms with Crippen molar-refractivity contribution in [1.29, 1.82) is 0 Å². The molecule has 166 valence electrons. The molecule has 0 aliphatic heterocycles. The normalized spacial score (nSPS) is 11.0. The summed E-state index contributed by atoms with van der Waals surface area (Å²) in [6.07, 6.45) is 0. The van der Waals surface area contributed by atoms with Gasteiger partial charge in [-0.1, -0.05) is 29.8 Å². The largest absolute Gasteiger partial charge is 0.465 e. The van der Waals surface area contributed by atoms with Crippen molar-refractivity contribution in [1.82, 2.24) is 0 Å². The summed E-state index contributed by atoms with van der Waals surface area (Å²) in [7, 11) is -2.63. The Hall–Kier alpha value is -3.65. The standard InChI is InChI=1S/C24H24N2O5S/c1-15-5-11-20(12-6-15)26-32(29,30)22-14-18(9-8-17(22)3)23(27)25-21-13-19(24(28)31-4)10-7-16(21)2/h5-14,26H,1-4H3,(H,25,27). The van der Waals surface area contributed by atoms with Gasteiger partial charge in [0.05, 0.1) is 17.6 Å². The van der Waals surface area contributed by atoms with E-state index < -0.39 is 21.9 Å². The first-order chi connectivity index (χ1) is 15.1. The number of esters is 1. The van der Waals surface area contributed by atoms with E-state index >= 15 is 0 Å². The summed E-state index contributed by atoms with van der Waals surface area (Å²) in [5.74, 6) is -1.02. The summed E-state index contributed by atoms with van der Waals surface area (Å²) < 4.78 is 33.2. The third-order valence-electron chi connectivity index (χ3n) is 4.95. The van der Waals surface area contributed by atoms with Gasteiger partial charge in [0, 0.05) is 16.9 Å². The van der Waals surface area contributed by atoms with E-state index in [1.807, 2.05) is 6.92 Å². The third kappa shape index (κ3) is 5.15. The van der Waals surface area contributed by atoms with Crippen LogP contribution in [0.15, 0.2) is 65.6 Å². The molecule has 0 saturated carbocycles. The lowest BCUT2D eigenvalue weighted by Crippen LogP contribution is -2.17. The SMILES string of the molecule is COC(=O)c1ccc(C)c(NC(=O)c2ccc(C)c(S(=O)(=O)Nc3ccc(C)cc3)c2)c1. The third-order valence-corrected chi connectivity index (χ3v) is 6.47. The molecule has 0 aliphatic rings. The maximum Gasteiger partial charge on any atom is 0.337 e. The van der Waals surface area contributed by atoms with Gasteiger partial charge in [0.15, 0.2) is 0 Å². The van der Waals surface area contributed by atoms with E-state index in [4.69, 9.17) is 4.74 Å². The molecule has 0 unspecified atom stereocenters. The lowest BCUT2D eigenvalue weighted by molar-refractivity contribution is 0.0600. The number of aryl methyl sites for hydroxylation is 3. The highest BCUT2D eigenvalue weighted by Crippen LogP contribution is 2.23. The lowest BCUT2D eigenvalue weighted by atomic mass is 10.1. The number of carbonyl (C=O) groups excluding carboxylic acids is 2. The van der Waals surface area contributed by atoms with Gasteiger partial charge in [-0.2, -0.15) is 0 Å². The molecule has 0 bridgehead atoms. The Morgan fingerprint density at radius 3 is 2.09 bits per heavy atom. The second kappa shape index (κ2) is 9.23. The van der Waals surface area contributed by atoms with Crippen LogP contribution in [0.2, 0.25) is 0 Å². The van der Waals surface area contributed by atoms with E-state index in [0.717, 1.165) is 11.1 Å². The van der Waals surface area contributed by atoms with Gasteiger partial charge in [0.25, 0.3) is 15.9 Å². The van der Waals surface area contributed by atoms with Crippen molar-refractivity contribution >= 4 is 33.3 Å². The Morgan fingerprint density at radius 2 is 1.44 bits per heavy atom. The second-order valence-electron chi connectivity index (χ2n) is 7.43. The van der Waals surface area contributed by atoms with Crippen molar-refractivity contribution in [2.45, 2.75) is 25.7 Å². The molecule has 0 aromatic heterocycles. The number of ether oxygens (including phenoxy) is 1.